The van der Waals surface area contributed by atoms with Crippen LogP contribution in [0.15, 0.2) is 73.8 Å². The SMILES string of the molecule is C=CCOCN1Cc2ccccc2[C@@H](c2cccc(OC(=O)C=C)c2)C1. The van der Waals surface area contributed by atoms with Crippen molar-refractivity contribution < 1.29 is 14.3 Å². The maximum Gasteiger partial charge on any atom is 0.335 e. The van der Waals surface area contributed by atoms with Crippen molar-refractivity contribution in [2.45, 2.75) is 12.5 Å². The lowest BCUT2D eigenvalue weighted by Crippen LogP contribution is -2.35. The van der Waals surface area contributed by atoms with Gasteiger partial charge in [0.05, 0.1) is 13.3 Å². The molecule has 0 spiro atoms. The summed E-state index contributed by atoms with van der Waals surface area (Å²) >= 11 is 0. The maximum absolute atomic E-state index is 11.5. The van der Waals surface area contributed by atoms with Gasteiger partial charge in [0, 0.05) is 25.1 Å². The van der Waals surface area contributed by atoms with E-state index in [4.69, 9.17) is 9.47 Å². The molecule has 1 aliphatic rings. The number of carbonyl (C=O) groups excluding carboxylic acids is 1. The zero-order valence-corrected chi connectivity index (χ0v) is 14.8. The van der Waals surface area contributed by atoms with Gasteiger partial charge in [-0.05, 0) is 28.8 Å². The lowest BCUT2D eigenvalue weighted by Gasteiger charge is -2.34. The summed E-state index contributed by atoms with van der Waals surface area (Å²) in [6.07, 6.45) is 2.92. The molecule has 0 unspecified atom stereocenters. The van der Waals surface area contributed by atoms with Crippen molar-refractivity contribution in [1.82, 2.24) is 4.90 Å². The number of rotatable bonds is 7. The van der Waals surface area contributed by atoms with Crippen LogP contribution in [-0.2, 0) is 16.1 Å². The highest BCUT2D eigenvalue weighted by molar-refractivity contribution is 5.83. The molecule has 0 saturated carbocycles. The van der Waals surface area contributed by atoms with Crippen molar-refractivity contribution in [3.63, 3.8) is 0 Å². The summed E-state index contributed by atoms with van der Waals surface area (Å²) in [6.45, 7) is 9.92. The number of esters is 1. The van der Waals surface area contributed by atoms with E-state index in [-0.39, 0.29) is 5.92 Å². The second-order valence-corrected chi connectivity index (χ2v) is 6.25. The van der Waals surface area contributed by atoms with Crippen LogP contribution >= 0.6 is 0 Å². The number of carbonyl (C=O) groups is 1. The third kappa shape index (κ3) is 4.28. The van der Waals surface area contributed by atoms with Crippen LogP contribution in [0.2, 0.25) is 0 Å². The van der Waals surface area contributed by atoms with E-state index in [1.165, 1.54) is 17.2 Å². The highest BCUT2D eigenvalue weighted by Crippen LogP contribution is 2.34. The smallest absolute Gasteiger partial charge is 0.335 e. The van der Waals surface area contributed by atoms with Gasteiger partial charge in [0.1, 0.15) is 5.75 Å². The molecule has 0 aromatic heterocycles. The summed E-state index contributed by atoms with van der Waals surface area (Å²) in [5, 5.41) is 0. The van der Waals surface area contributed by atoms with E-state index < -0.39 is 5.97 Å². The first kappa shape index (κ1) is 18.1. The van der Waals surface area contributed by atoms with E-state index >= 15 is 0 Å². The molecule has 4 heteroatoms. The number of hydrogen-bond donors (Lipinski definition) is 0. The molecule has 4 nitrogen and oxygen atoms in total. The first-order valence-corrected chi connectivity index (χ1v) is 8.64. The summed E-state index contributed by atoms with van der Waals surface area (Å²) < 4.78 is 10.9. The van der Waals surface area contributed by atoms with Gasteiger partial charge in [-0.1, -0.05) is 49.1 Å². The van der Waals surface area contributed by atoms with Gasteiger partial charge in [-0.3, -0.25) is 4.90 Å². The fourth-order valence-electron chi connectivity index (χ4n) is 3.28. The van der Waals surface area contributed by atoms with E-state index in [1.54, 1.807) is 12.1 Å². The van der Waals surface area contributed by atoms with Crippen molar-refractivity contribution >= 4 is 5.97 Å². The zero-order valence-electron chi connectivity index (χ0n) is 14.8. The second kappa shape index (κ2) is 8.61. The molecule has 1 atom stereocenters. The van der Waals surface area contributed by atoms with E-state index in [0.717, 1.165) is 18.7 Å². The van der Waals surface area contributed by atoms with Crippen LogP contribution in [0, 0.1) is 0 Å². The summed E-state index contributed by atoms with van der Waals surface area (Å²) in [4.78, 5) is 13.8. The van der Waals surface area contributed by atoms with E-state index in [0.29, 0.717) is 19.1 Å². The Morgan fingerprint density at radius 3 is 2.85 bits per heavy atom. The largest absolute Gasteiger partial charge is 0.423 e. The van der Waals surface area contributed by atoms with Crippen LogP contribution in [-0.4, -0.2) is 30.8 Å². The van der Waals surface area contributed by atoms with Crippen molar-refractivity contribution in [1.29, 1.82) is 0 Å². The van der Waals surface area contributed by atoms with Gasteiger partial charge >= 0.3 is 5.97 Å². The molecule has 26 heavy (non-hydrogen) atoms. The minimum Gasteiger partial charge on any atom is -0.423 e. The minimum atomic E-state index is -0.453. The molecule has 0 aliphatic carbocycles. The number of hydrogen-bond acceptors (Lipinski definition) is 4. The Kier molecular flexibility index (Phi) is 6.00. The lowest BCUT2D eigenvalue weighted by atomic mass is 9.85. The monoisotopic (exact) mass is 349 g/mol. The lowest BCUT2D eigenvalue weighted by molar-refractivity contribution is -0.128. The molecule has 1 aliphatic heterocycles. The Labute approximate surface area is 154 Å². The van der Waals surface area contributed by atoms with Crippen LogP contribution in [0.25, 0.3) is 0 Å². The van der Waals surface area contributed by atoms with Gasteiger partial charge in [0.25, 0.3) is 0 Å². The number of nitrogens with zero attached hydrogens (tertiary/aromatic N) is 1. The van der Waals surface area contributed by atoms with Gasteiger partial charge in [0.15, 0.2) is 0 Å². The fourth-order valence-corrected chi connectivity index (χ4v) is 3.28. The normalized spacial score (nSPS) is 16.5. The molecule has 2 aromatic carbocycles. The zero-order chi connectivity index (χ0) is 18.4. The Morgan fingerprint density at radius 1 is 1.19 bits per heavy atom. The highest BCUT2D eigenvalue weighted by Gasteiger charge is 2.26. The summed E-state index contributed by atoms with van der Waals surface area (Å²) in [5.74, 6) is 0.269. The summed E-state index contributed by atoms with van der Waals surface area (Å²) in [7, 11) is 0. The molecule has 2 aromatic rings. The summed E-state index contributed by atoms with van der Waals surface area (Å²) in [6, 6.07) is 16.1. The molecule has 0 fully saturated rings. The van der Waals surface area contributed by atoms with Gasteiger partial charge in [-0.2, -0.15) is 0 Å². The van der Waals surface area contributed by atoms with Gasteiger partial charge in [-0.25, -0.2) is 4.79 Å². The van der Waals surface area contributed by atoms with Crippen LogP contribution in [0.3, 0.4) is 0 Å². The Balaban J connectivity index is 1.87. The minimum absolute atomic E-state index is 0.190. The standard InChI is InChI=1S/C22H23NO3/c1-3-12-25-16-23-14-18-8-5-6-11-20(18)21(15-23)17-9-7-10-19(13-17)26-22(24)4-2/h3-11,13,21H,1-2,12,14-16H2/t21-/m1/s1. The van der Waals surface area contributed by atoms with Crippen LogP contribution in [0.1, 0.15) is 22.6 Å². The van der Waals surface area contributed by atoms with E-state index in [2.05, 4.69) is 48.4 Å². The second-order valence-electron chi connectivity index (χ2n) is 6.25. The molecule has 0 N–H and O–H groups in total. The van der Waals surface area contributed by atoms with Crippen molar-refractivity contribution in [3.8, 4) is 5.75 Å². The highest BCUT2D eigenvalue weighted by atomic mass is 16.5. The molecule has 134 valence electrons. The van der Waals surface area contributed by atoms with Crippen LogP contribution < -0.4 is 4.74 Å². The first-order chi connectivity index (χ1) is 12.7. The van der Waals surface area contributed by atoms with Crippen molar-refractivity contribution in [2.75, 3.05) is 19.9 Å². The average Bonchev–Trinajstić information content (AvgIpc) is 2.67. The quantitative estimate of drug-likeness (QED) is 0.250. The third-order valence-electron chi connectivity index (χ3n) is 4.42. The molecular weight excluding hydrogens is 326 g/mol. The van der Waals surface area contributed by atoms with Crippen molar-refractivity contribution in [3.05, 3.63) is 90.5 Å². The fraction of sp³-hybridized carbons (Fsp3) is 0.227. The molecule has 0 amide bonds. The Bertz CT molecular complexity index is 799. The van der Waals surface area contributed by atoms with E-state index in [9.17, 15) is 4.79 Å². The number of ether oxygens (including phenoxy) is 2. The van der Waals surface area contributed by atoms with Gasteiger partial charge < -0.3 is 9.47 Å². The molecule has 3 rings (SSSR count). The predicted octanol–water partition coefficient (Wildman–Crippen LogP) is 3.89. The van der Waals surface area contributed by atoms with Crippen LogP contribution in [0.4, 0.5) is 0 Å². The topological polar surface area (TPSA) is 38.8 Å². The molecular formula is C22H23NO3. The van der Waals surface area contributed by atoms with Crippen LogP contribution in [0.5, 0.6) is 5.75 Å². The molecule has 1 heterocycles. The molecule has 0 saturated heterocycles. The predicted molar refractivity (Wildman–Crippen MR) is 102 cm³/mol. The molecule has 0 bridgehead atoms. The maximum atomic E-state index is 11.5. The molecule has 0 radical (unpaired) electrons. The first-order valence-electron chi connectivity index (χ1n) is 8.64. The Morgan fingerprint density at radius 2 is 2.04 bits per heavy atom. The van der Waals surface area contributed by atoms with Gasteiger partial charge in [-0.15, -0.1) is 6.58 Å². The van der Waals surface area contributed by atoms with Gasteiger partial charge in [0.2, 0.25) is 0 Å². The average molecular weight is 349 g/mol. The van der Waals surface area contributed by atoms with Crippen molar-refractivity contribution in [2.24, 2.45) is 0 Å². The third-order valence-corrected chi connectivity index (χ3v) is 4.42. The number of fused-ring (bicyclic) bond motifs is 1. The number of benzene rings is 2. The summed E-state index contributed by atoms with van der Waals surface area (Å²) in [5.41, 5.74) is 3.71. The van der Waals surface area contributed by atoms with E-state index in [1.807, 2.05) is 12.1 Å². The Hall–Kier alpha value is -2.69.